The largest absolute Gasteiger partial charge is 0.341 e. The fourth-order valence-corrected chi connectivity index (χ4v) is 8.06. The number of para-hydroxylation sites is 1. The molecule has 1 atom stereocenters. The number of benzene rings is 3. The summed E-state index contributed by atoms with van der Waals surface area (Å²) in [6.07, 6.45) is 3.40. The van der Waals surface area contributed by atoms with Crippen molar-refractivity contribution in [3.63, 3.8) is 0 Å². The van der Waals surface area contributed by atoms with Crippen LogP contribution >= 0.6 is 23.2 Å². The lowest BCUT2D eigenvalue weighted by Gasteiger charge is -2.40. The van der Waals surface area contributed by atoms with E-state index in [2.05, 4.69) is 11.0 Å². The molecule has 6 nitrogen and oxygen atoms in total. The van der Waals surface area contributed by atoms with E-state index >= 15 is 0 Å². The maximum Gasteiger partial charge on any atom is 0.253 e. The number of amides is 1. The molecular weight excluding hydrogens is 608 g/mol. The number of anilines is 1. The highest BCUT2D eigenvalue weighted by Crippen LogP contribution is 2.49. The molecule has 0 aromatic heterocycles. The Bertz CT molecular complexity index is 1620. The van der Waals surface area contributed by atoms with Crippen LogP contribution in [0.5, 0.6) is 0 Å². The minimum Gasteiger partial charge on any atom is -0.341 e. The molecule has 0 radical (unpaired) electrons. The van der Waals surface area contributed by atoms with Crippen molar-refractivity contribution in [3.8, 4) is 0 Å². The van der Waals surface area contributed by atoms with Gasteiger partial charge in [-0.05, 0) is 94.2 Å². The first-order chi connectivity index (χ1) is 20.3. The number of sulfonamides is 1. The fraction of sp³-hybridized carbons (Fsp3) is 0.424. The van der Waals surface area contributed by atoms with Gasteiger partial charge in [-0.15, -0.1) is 0 Å². The number of aryl methyl sites for hydroxylation is 2. The predicted molar refractivity (Wildman–Crippen MR) is 173 cm³/mol. The number of piperidine rings is 1. The first-order valence-electron chi connectivity index (χ1n) is 14.6. The van der Waals surface area contributed by atoms with E-state index in [1.165, 1.54) is 10.4 Å². The summed E-state index contributed by atoms with van der Waals surface area (Å²) in [7, 11) is -1.77. The van der Waals surface area contributed by atoms with Gasteiger partial charge in [0, 0.05) is 37.0 Å². The van der Waals surface area contributed by atoms with Gasteiger partial charge in [-0.25, -0.2) is 12.8 Å². The molecule has 2 aliphatic heterocycles. The first kappa shape index (κ1) is 31.8. The molecule has 1 fully saturated rings. The van der Waals surface area contributed by atoms with E-state index in [-0.39, 0.29) is 24.1 Å². The van der Waals surface area contributed by atoms with Crippen molar-refractivity contribution in [2.45, 2.75) is 44.4 Å². The average molecular weight is 647 g/mol. The van der Waals surface area contributed by atoms with Crippen molar-refractivity contribution in [2.75, 3.05) is 50.3 Å². The number of rotatable bonds is 8. The maximum atomic E-state index is 14.9. The molecule has 5 rings (SSSR count). The summed E-state index contributed by atoms with van der Waals surface area (Å²) < 4.78 is 41.2. The number of likely N-dealkylation sites (tertiary alicyclic amines) is 1. The topological polar surface area (TPSA) is 60.9 Å². The second-order valence-corrected chi connectivity index (χ2v) is 15.0. The lowest BCUT2D eigenvalue weighted by Crippen LogP contribution is -2.46. The van der Waals surface area contributed by atoms with Crippen molar-refractivity contribution < 1.29 is 17.6 Å². The minimum absolute atomic E-state index is 0.0209. The predicted octanol–water partition coefficient (Wildman–Crippen LogP) is 6.81. The molecule has 1 amide bonds. The van der Waals surface area contributed by atoms with Crippen LogP contribution in [0.4, 0.5) is 10.1 Å². The zero-order valence-electron chi connectivity index (χ0n) is 25.0. The Balaban J connectivity index is 1.30. The molecule has 10 heteroatoms. The summed E-state index contributed by atoms with van der Waals surface area (Å²) in [6.45, 7) is 7.08. The van der Waals surface area contributed by atoms with E-state index < -0.39 is 21.3 Å². The number of fused-ring (bicyclic) bond motifs is 2. The SMILES string of the molecule is Cc1cc(C)cc(C(=O)N(C)C[C@@H](CCN2CCC3(CC2)CN(S(C)(=O)=O)c2c(F)cccc23)c2ccc(Cl)c(Cl)c2)c1. The van der Waals surface area contributed by atoms with Crippen LogP contribution in [0.15, 0.2) is 54.6 Å². The highest BCUT2D eigenvalue weighted by atomic mass is 35.5. The fourth-order valence-electron chi connectivity index (χ4n) is 6.75. The standard InChI is InChI=1S/C33H38Cl2FN3O3S/c1-22-16-23(2)18-26(17-22)32(40)37(3)20-25(24-8-9-28(34)29(35)19-24)10-13-38-14-11-33(12-15-38)21-39(43(4,41)42)31-27(33)6-5-7-30(31)36/h5-9,16-19,25H,10-15,20-21H2,1-4H3/t25-/m1/s1. The Kier molecular flexibility index (Phi) is 9.15. The quantitative estimate of drug-likeness (QED) is 0.270. The van der Waals surface area contributed by atoms with Crippen molar-refractivity contribution in [3.05, 3.63) is 98.3 Å². The molecule has 1 spiro atoms. The van der Waals surface area contributed by atoms with E-state index in [1.54, 1.807) is 17.0 Å². The number of carbonyl (C=O) groups is 1. The van der Waals surface area contributed by atoms with E-state index in [9.17, 15) is 17.6 Å². The molecular formula is C33H38Cl2FN3O3S. The lowest BCUT2D eigenvalue weighted by atomic mass is 9.74. The third kappa shape index (κ3) is 6.72. The number of likely N-dealkylation sites (N-methyl/N-ethyl adjacent to an activating group) is 1. The number of nitrogens with zero attached hydrogens (tertiary/aromatic N) is 3. The van der Waals surface area contributed by atoms with Gasteiger partial charge in [0.1, 0.15) is 5.82 Å². The zero-order valence-corrected chi connectivity index (χ0v) is 27.4. The van der Waals surface area contributed by atoms with Gasteiger partial charge in [0.2, 0.25) is 10.0 Å². The molecule has 0 saturated carbocycles. The van der Waals surface area contributed by atoms with Gasteiger partial charge in [-0.3, -0.25) is 9.10 Å². The Hall–Kier alpha value is -2.65. The molecule has 0 bridgehead atoms. The number of carbonyl (C=O) groups excluding carboxylic acids is 1. The third-order valence-electron chi connectivity index (χ3n) is 8.99. The van der Waals surface area contributed by atoms with Crippen LogP contribution in [0.2, 0.25) is 10.0 Å². The van der Waals surface area contributed by atoms with E-state index in [0.717, 1.165) is 67.4 Å². The smallest absolute Gasteiger partial charge is 0.253 e. The lowest BCUT2D eigenvalue weighted by molar-refractivity contribution is 0.0780. The number of hydrogen-bond acceptors (Lipinski definition) is 4. The summed E-state index contributed by atoms with van der Waals surface area (Å²) in [6, 6.07) is 16.4. The van der Waals surface area contributed by atoms with Gasteiger partial charge >= 0.3 is 0 Å². The summed E-state index contributed by atoms with van der Waals surface area (Å²) in [5.74, 6) is -0.502. The van der Waals surface area contributed by atoms with Crippen LogP contribution < -0.4 is 4.31 Å². The Morgan fingerprint density at radius 2 is 1.70 bits per heavy atom. The number of hydrogen-bond donors (Lipinski definition) is 0. The molecule has 2 aliphatic rings. The van der Waals surface area contributed by atoms with Crippen LogP contribution in [-0.4, -0.2) is 70.2 Å². The van der Waals surface area contributed by atoms with Crippen LogP contribution in [-0.2, 0) is 15.4 Å². The molecule has 3 aromatic carbocycles. The summed E-state index contributed by atoms with van der Waals surface area (Å²) in [5, 5.41) is 0.969. The minimum atomic E-state index is -3.60. The first-order valence-corrected chi connectivity index (χ1v) is 17.2. The maximum absolute atomic E-state index is 14.9. The van der Waals surface area contributed by atoms with Gasteiger partial charge in [0.15, 0.2) is 0 Å². The summed E-state index contributed by atoms with van der Waals surface area (Å²) in [4.78, 5) is 17.6. The second kappa shape index (κ2) is 12.4. The van der Waals surface area contributed by atoms with E-state index in [0.29, 0.717) is 22.2 Å². The summed E-state index contributed by atoms with van der Waals surface area (Å²) in [5.41, 5.74) is 4.38. The van der Waals surface area contributed by atoms with Gasteiger partial charge in [0.05, 0.1) is 22.0 Å². The van der Waals surface area contributed by atoms with Gasteiger partial charge in [-0.1, -0.05) is 58.6 Å². The van der Waals surface area contributed by atoms with Crippen LogP contribution in [0, 0.1) is 19.7 Å². The monoisotopic (exact) mass is 645 g/mol. The van der Waals surface area contributed by atoms with E-state index in [1.807, 2.05) is 51.2 Å². The highest BCUT2D eigenvalue weighted by Gasteiger charge is 2.48. The van der Waals surface area contributed by atoms with Crippen LogP contribution in [0.1, 0.15) is 57.8 Å². The third-order valence-corrected chi connectivity index (χ3v) is 10.8. The highest BCUT2D eigenvalue weighted by molar-refractivity contribution is 7.92. The molecule has 230 valence electrons. The number of halogens is 3. The Morgan fingerprint density at radius 1 is 1.02 bits per heavy atom. The molecule has 3 aromatic rings. The average Bonchev–Trinajstić information content (AvgIpc) is 3.28. The van der Waals surface area contributed by atoms with Crippen LogP contribution in [0.3, 0.4) is 0 Å². The van der Waals surface area contributed by atoms with E-state index in [4.69, 9.17) is 23.2 Å². The molecule has 0 unspecified atom stereocenters. The van der Waals surface area contributed by atoms with Gasteiger partial charge in [0.25, 0.3) is 5.91 Å². The molecule has 1 saturated heterocycles. The van der Waals surface area contributed by atoms with Crippen molar-refractivity contribution in [1.82, 2.24) is 9.80 Å². The van der Waals surface area contributed by atoms with Crippen molar-refractivity contribution in [1.29, 1.82) is 0 Å². The van der Waals surface area contributed by atoms with Crippen molar-refractivity contribution in [2.24, 2.45) is 0 Å². The van der Waals surface area contributed by atoms with Crippen LogP contribution in [0.25, 0.3) is 0 Å². The normalized spacial score (nSPS) is 17.2. The molecule has 0 N–H and O–H groups in total. The van der Waals surface area contributed by atoms with Crippen molar-refractivity contribution >= 4 is 44.8 Å². The molecule has 43 heavy (non-hydrogen) atoms. The Labute approximate surface area is 264 Å². The summed E-state index contributed by atoms with van der Waals surface area (Å²) >= 11 is 12.6. The van der Waals surface area contributed by atoms with Gasteiger partial charge in [-0.2, -0.15) is 0 Å². The zero-order chi connectivity index (χ0) is 31.1. The molecule has 2 heterocycles. The molecule has 0 aliphatic carbocycles. The second-order valence-electron chi connectivity index (χ2n) is 12.2. The van der Waals surface area contributed by atoms with Gasteiger partial charge < -0.3 is 9.80 Å². The Morgan fingerprint density at radius 3 is 2.33 bits per heavy atom.